The van der Waals surface area contributed by atoms with Gasteiger partial charge in [0.25, 0.3) is 5.91 Å². The first kappa shape index (κ1) is 23.2. The van der Waals surface area contributed by atoms with E-state index in [-0.39, 0.29) is 5.57 Å². The van der Waals surface area contributed by atoms with Crippen LogP contribution in [0.15, 0.2) is 42.0 Å². The van der Waals surface area contributed by atoms with Crippen LogP contribution in [0, 0.1) is 17.1 Å². The Kier molecular flexibility index (Phi) is 9.17. The molecule has 2 rings (SSSR count). The molecule has 0 heterocycles. The van der Waals surface area contributed by atoms with Crippen molar-refractivity contribution in [2.45, 2.75) is 32.6 Å². The number of methoxy groups -OCH3 is 1. The van der Waals surface area contributed by atoms with Gasteiger partial charge in [0, 0.05) is 5.69 Å². The lowest BCUT2D eigenvalue weighted by Gasteiger charge is -2.13. The molecule has 1 N–H and O–H groups in total. The van der Waals surface area contributed by atoms with Crippen molar-refractivity contribution in [3.8, 4) is 17.6 Å². The van der Waals surface area contributed by atoms with Gasteiger partial charge in [-0.3, -0.25) is 4.79 Å². The largest absolute Gasteiger partial charge is 0.493 e. The van der Waals surface area contributed by atoms with Gasteiger partial charge in [0.1, 0.15) is 17.5 Å². The molecule has 0 unspecified atom stereocenters. The molecule has 0 spiro atoms. The zero-order chi connectivity index (χ0) is 21.9. The summed E-state index contributed by atoms with van der Waals surface area (Å²) < 4.78 is 24.1. The standard InChI is InChI=1S/C23H24ClFN2O3/c1-3-4-5-6-11-30-22-20(24)13-16(14-21(22)29-2)12-17(15-26)23(28)27-19-9-7-18(25)8-10-19/h7-10,12-14H,3-6,11H2,1-2H3,(H,27,28)/b17-12+. The third-order valence-corrected chi connectivity index (χ3v) is 4.55. The molecule has 0 bridgehead atoms. The van der Waals surface area contributed by atoms with Crippen LogP contribution in [0.5, 0.6) is 11.5 Å². The van der Waals surface area contributed by atoms with E-state index >= 15 is 0 Å². The molecule has 0 aliphatic heterocycles. The molecular formula is C23H24ClFN2O3. The monoisotopic (exact) mass is 430 g/mol. The highest BCUT2D eigenvalue weighted by atomic mass is 35.5. The number of amides is 1. The van der Waals surface area contributed by atoms with Gasteiger partial charge in [0.15, 0.2) is 11.5 Å². The Labute approximate surface area is 181 Å². The molecule has 5 nitrogen and oxygen atoms in total. The number of nitrogens with zero attached hydrogens (tertiary/aromatic N) is 1. The van der Waals surface area contributed by atoms with E-state index < -0.39 is 11.7 Å². The van der Waals surface area contributed by atoms with Gasteiger partial charge >= 0.3 is 0 Å². The Morgan fingerprint density at radius 3 is 2.60 bits per heavy atom. The van der Waals surface area contributed by atoms with E-state index in [4.69, 9.17) is 21.1 Å². The molecule has 0 aliphatic rings. The van der Waals surface area contributed by atoms with Crippen molar-refractivity contribution in [1.29, 1.82) is 5.26 Å². The van der Waals surface area contributed by atoms with Crippen LogP contribution in [0.25, 0.3) is 6.08 Å². The Balaban J connectivity index is 2.16. The number of rotatable bonds is 10. The molecule has 0 atom stereocenters. The molecule has 0 aliphatic carbocycles. The lowest BCUT2D eigenvalue weighted by molar-refractivity contribution is -0.112. The van der Waals surface area contributed by atoms with E-state index in [1.807, 2.05) is 6.07 Å². The van der Waals surface area contributed by atoms with Crippen LogP contribution in [-0.2, 0) is 4.79 Å². The molecule has 7 heteroatoms. The summed E-state index contributed by atoms with van der Waals surface area (Å²) in [6.45, 7) is 2.66. The normalized spacial score (nSPS) is 11.0. The number of ether oxygens (including phenoxy) is 2. The summed E-state index contributed by atoms with van der Waals surface area (Å²) in [5.41, 5.74) is 0.761. The molecule has 1 amide bonds. The smallest absolute Gasteiger partial charge is 0.266 e. The summed E-state index contributed by atoms with van der Waals surface area (Å²) in [7, 11) is 1.50. The third kappa shape index (κ3) is 6.78. The van der Waals surface area contributed by atoms with E-state index in [1.165, 1.54) is 37.5 Å². The number of halogens is 2. The van der Waals surface area contributed by atoms with E-state index in [2.05, 4.69) is 12.2 Å². The van der Waals surface area contributed by atoms with Gasteiger partial charge in [-0.05, 0) is 54.5 Å². The molecule has 0 fully saturated rings. The Bertz CT molecular complexity index is 937. The van der Waals surface area contributed by atoms with Crippen LogP contribution < -0.4 is 14.8 Å². The molecule has 158 valence electrons. The molecule has 2 aromatic rings. The quantitative estimate of drug-likeness (QED) is 0.285. The summed E-state index contributed by atoms with van der Waals surface area (Å²) in [6, 6.07) is 10.4. The first-order valence-electron chi connectivity index (χ1n) is 9.67. The Morgan fingerprint density at radius 2 is 1.97 bits per heavy atom. The van der Waals surface area contributed by atoms with Gasteiger partial charge in [0.05, 0.1) is 18.7 Å². The predicted octanol–water partition coefficient (Wildman–Crippen LogP) is 5.99. The van der Waals surface area contributed by atoms with Crippen molar-refractivity contribution in [2.24, 2.45) is 0 Å². The van der Waals surface area contributed by atoms with E-state index in [1.54, 1.807) is 12.1 Å². The maximum atomic E-state index is 13.0. The minimum atomic E-state index is -0.615. The molecule has 0 saturated carbocycles. The number of hydrogen-bond donors (Lipinski definition) is 1. The van der Waals surface area contributed by atoms with Gasteiger partial charge in [-0.2, -0.15) is 5.26 Å². The van der Waals surface area contributed by atoms with Gasteiger partial charge in [0.2, 0.25) is 0 Å². The molecule has 0 saturated heterocycles. The van der Waals surface area contributed by atoms with Gasteiger partial charge in [-0.15, -0.1) is 0 Å². The van der Waals surface area contributed by atoms with Crippen LogP contribution in [-0.4, -0.2) is 19.6 Å². The van der Waals surface area contributed by atoms with Crippen molar-refractivity contribution >= 4 is 29.3 Å². The fourth-order valence-electron chi connectivity index (χ4n) is 2.71. The topological polar surface area (TPSA) is 71.3 Å². The van der Waals surface area contributed by atoms with Crippen molar-refractivity contribution in [1.82, 2.24) is 0 Å². The average Bonchev–Trinajstić information content (AvgIpc) is 2.74. The van der Waals surface area contributed by atoms with Crippen LogP contribution in [0.3, 0.4) is 0 Å². The highest BCUT2D eigenvalue weighted by molar-refractivity contribution is 6.32. The zero-order valence-corrected chi connectivity index (χ0v) is 17.8. The highest BCUT2D eigenvalue weighted by Gasteiger charge is 2.14. The number of unbranched alkanes of at least 4 members (excludes halogenated alkanes) is 3. The van der Waals surface area contributed by atoms with Gasteiger partial charge < -0.3 is 14.8 Å². The summed E-state index contributed by atoms with van der Waals surface area (Å²) in [5.74, 6) is -0.184. The minimum Gasteiger partial charge on any atom is -0.493 e. The van der Waals surface area contributed by atoms with Gasteiger partial charge in [-0.1, -0.05) is 37.8 Å². The second-order valence-electron chi connectivity index (χ2n) is 6.57. The maximum absolute atomic E-state index is 13.0. The molecule has 2 aromatic carbocycles. The number of anilines is 1. The van der Waals surface area contributed by atoms with Crippen molar-refractivity contribution in [2.75, 3.05) is 19.0 Å². The van der Waals surface area contributed by atoms with Gasteiger partial charge in [-0.25, -0.2) is 4.39 Å². The molecular weight excluding hydrogens is 407 g/mol. The number of carbonyl (C=O) groups excluding carboxylic acids is 1. The molecule has 30 heavy (non-hydrogen) atoms. The number of hydrogen-bond acceptors (Lipinski definition) is 4. The zero-order valence-electron chi connectivity index (χ0n) is 17.0. The predicted molar refractivity (Wildman–Crippen MR) is 116 cm³/mol. The van der Waals surface area contributed by atoms with E-state index in [9.17, 15) is 14.4 Å². The Hall–Kier alpha value is -3.04. The van der Waals surface area contributed by atoms with E-state index in [0.29, 0.717) is 34.4 Å². The summed E-state index contributed by atoms with van der Waals surface area (Å²) >= 11 is 6.35. The second-order valence-corrected chi connectivity index (χ2v) is 6.98. The van der Waals surface area contributed by atoms with Crippen molar-refractivity contribution in [3.05, 3.63) is 58.4 Å². The van der Waals surface area contributed by atoms with Crippen LogP contribution in [0.2, 0.25) is 5.02 Å². The summed E-state index contributed by atoms with van der Waals surface area (Å²) in [4.78, 5) is 12.4. The number of carbonyl (C=O) groups is 1. The lowest BCUT2D eigenvalue weighted by Crippen LogP contribution is -2.13. The highest BCUT2D eigenvalue weighted by Crippen LogP contribution is 2.37. The van der Waals surface area contributed by atoms with Crippen LogP contribution in [0.1, 0.15) is 38.2 Å². The maximum Gasteiger partial charge on any atom is 0.266 e. The fraction of sp³-hybridized carbons (Fsp3) is 0.304. The SMILES string of the molecule is CCCCCCOc1c(Cl)cc(/C=C(\C#N)C(=O)Nc2ccc(F)cc2)cc1OC. The molecule has 0 radical (unpaired) electrons. The molecule has 0 aromatic heterocycles. The summed E-state index contributed by atoms with van der Waals surface area (Å²) in [6.07, 6.45) is 5.68. The Morgan fingerprint density at radius 1 is 1.23 bits per heavy atom. The van der Waals surface area contributed by atoms with Crippen LogP contribution >= 0.6 is 11.6 Å². The number of nitrogens with one attached hydrogen (secondary N) is 1. The van der Waals surface area contributed by atoms with Crippen LogP contribution in [0.4, 0.5) is 10.1 Å². The summed E-state index contributed by atoms with van der Waals surface area (Å²) in [5, 5.41) is 12.3. The van der Waals surface area contributed by atoms with Crippen molar-refractivity contribution in [3.63, 3.8) is 0 Å². The second kappa shape index (κ2) is 11.8. The average molecular weight is 431 g/mol. The lowest BCUT2D eigenvalue weighted by atomic mass is 10.1. The number of benzene rings is 2. The number of nitriles is 1. The van der Waals surface area contributed by atoms with Crippen molar-refractivity contribution < 1.29 is 18.7 Å². The first-order valence-corrected chi connectivity index (χ1v) is 10.0. The first-order chi connectivity index (χ1) is 14.5. The third-order valence-electron chi connectivity index (χ3n) is 4.27. The minimum absolute atomic E-state index is 0.134. The fourth-order valence-corrected chi connectivity index (χ4v) is 2.99. The van der Waals surface area contributed by atoms with E-state index in [0.717, 1.165) is 25.7 Å².